The van der Waals surface area contributed by atoms with Crippen molar-refractivity contribution < 1.29 is 12.8 Å². The lowest BCUT2D eigenvalue weighted by atomic mass is 9.89. The molecule has 0 saturated carbocycles. The molecule has 5 rings (SSSR count). The standard InChI is InChI=1S/C27H25FN4O2S/c1-19-6-12-23(13-7-19)35(33,34)31-18-25(20-8-10-22(28)11-9-20)24-5-2-4-21-14-17-32(26(21)24)27-29-15-3-16-30-27/h2-13,15-16,25,31H,14,17-18H2,1H3/t25-/m1/s1. The summed E-state index contributed by atoms with van der Waals surface area (Å²) in [6.07, 6.45) is 4.23. The van der Waals surface area contributed by atoms with Crippen molar-refractivity contribution in [2.24, 2.45) is 0 Å². The first-order valence-electron chi connectivity index (χ1n) is 11.4. The Morgan fingerprint density at radius 2 is 1.69 bits per heavy atom. The minimum absolute atomic E-state index is 0.113. The van der Waals surface area contributed by atoms with Crippen LogP contribution in [-0.2, 0) is 16.4 Å². The van der Waals surface area contributed by atoms with Gasteiger partial charge >= 0.3 is 0 Å². The van der Waals surface area contributed by atoms with Crippen molar-refractivity contribution in [1.29, 1.82) is 0 Å². The highest BCUT2D eigenvalue weighted by Crippen LogP contribution is 2.41. The van der Waals surface area contributed by atoms with Crippen molar-refractivity contribution in [3.05, 3.63) is 113 Å². The van der Waals surface area contributed by atoms with Gasteiger partial charge in [-0.25, -0.2) is 27.5 Å². The van der Waals surface area contributed by atoms with Crippen LogP contribution in [0.25, 0.3) is 0 Å². The van der Waals surface area contributed by atoms with E-state index in [1.807, 2.05) is 19.1 Å². The lowest BCUT2D eigenvalue weighted by Crippen LogP contribution is -2.30. The zero-order valence-electron chi connectivity index (χ0n) is 19.2. The van der Waals surface area contributed by atoms with Gasteiger partial charge in [0.05, 0.1) is 10.6 Å². The lowest BCUT2D eigenvalue weighted by molar-refractivity contribution is 0.577. The van der Waals surface area contributed by atoms with E-state index in [0.29, 0.717) is 5.95 Å². The monoisotopic (exact) mass is 488 g/mol. The SMILES string of the molecule is Cc1ccc(S(=O)(=O)NC[C@H](c2ccc(F)cc2)c2cccc3c2N(c2ncccn2)CC3)cc1. The van der Waals surface area contributed by atoms with E-state index in [4.69, 9.17) is 0 Å². The summed E-state index contributed by atoms with van der Waals surface area (Å²) >= 11 is 0. The molecule has 0 spiro atoms. The third-order valence-corrected chi connectivity index (χ3v) is 7.72. The number of para-hydroxylation sites is 1. The molecule has 1 atom stereocenters. The van der Waals surface area contributed by atoms with Crippen LogP contribution in [0.3, 0.4) is 0 Å². The zero-order chi connectivity index (χ0) is 24.4. The van der Waals surface area contributed by atoms with Gasteiger partial charge in [-0.15, -0.1) is 0 Å². The third kappa shape index (κ3) is 4.80. The fourth-order valence-corrected chi connectivity index (χ4v) is 5.54. The number of halogens is 1. The second-order valence-electron chi connectivity index (χ2n) is 8.57. The number of aromatic nitrogens is 2. The summed E-state index contributed by atoms with van der Waals surface area (Å²) in [6.45, 7) is 2.75. The smallest absolute Gasteiger partial charge is 0.240 e. The van der Waals surface area contributed by atoms with E-state index in [9.17, 15) is 12.8 Å². The molecule has 0 aliphatic carbocycles. The summed E-state index contributed by atoms with van der Waals surface area (Å²) in [5, 5.41) is 0. The van der Waals surface area contributed by atoms with Gasteiger partial charge in [0.15, 0.2) is 0 Å². The second-order valence-corrected chi connectivity index (χ2v) is 10.3. The largest absolute Gasteiger partial charge is 0.310 e. The number of hydrogen-bond donors (Lipinski definition) is 1. The number of hydrogen-bond acceptors (Lipinski definition) is 5. The van der Waals surface area contributed by atoms with Crippen LogP contribution < -0.4 is 9.62 Å². The molecule has 1 aromatic heterocycles. The Bertz CT molecular complexity index is 1430. The zero-order valence-corrected chi connectivity index (χ0v) is 20.0. The fourth-order valence-electron chi connectivity index (χ4n) is 4.49. The predicted molar refractivity (Wildman–Crippen MR) is 134 cm³/mol. The third-order valence-electron chi connectivity index (χ3n) is 6.28. The van der Waals surface area contributed by atoms with E-state index in [-0.39, 0.29) is 23.2 Å². The molecule has 1 aliphatic rings. The first-order chi connectivity index (χ1) is 16.9. The Kier molecular flexibility index (Phi) is 6.32. The number of benzene rings is 3. The predicted octanol–water partition coefficient (Wildman–Crippen LogP) is 4.73. The van der Waals surface area contributed by atoms with E-state index in [1.54, 1.807) is 54.9 Å². The molecule has 2 heterocycles. The molecule has 4 aromatic rings. The fraction of sp³-hybridized carbons (Fsp3) is 0.185. The molecule has 35 heavy (non-hydrogen) atoms. The normalized spacial score (nSPS) is 14.1. The molecule has 0 fully saturated rings. The number of nitrogens with zero attached hydrogens (tertiary/aromatic N) is 3. The number of aryl methyl sites for hydroxylation is 1. The summed E-state index contributed by atoms with van der Waals surface area (Å²) in [5.74, 6) is -0.0998. The quantitative estimate of drug-likeness (QED) is 0.407. The van der Waals surface area contributed by atoms with Gasteiger partial charge in [-0.3, -0.25) is 0 Å². The van der Waals surface area contributed by atoms with Gasteiger partial charge in [-0.2, -0.15) is 0 Å². The van der Waals surface area contributed by atoms with E-state index in [1.165, 1.54) is 12.1 Å². The Morgan fingerprint density at radius 1 is 0.971 bits per heavy atom. The van der Waals surface area contributed by atoms with Crippen molar-refractivity contribution in [2.45, 2.75) is 24.2 Å². The van der Waals surface area contributed by atoms with Crippen LogP contribution >= 0.6 is 0 Å². The van der Waals surface area contributed by atoms with Crippen molar-refractivity contribution in [1.82, 2.24) is 14.7 Å². The topological polar surface area (TPSA) is 75.2 Å². The van der Waals surface area contributed by atoms with Crippen LogP contribution in [0.2, 0.25) is 0 Å². The molecule has 6 nitrogen and oxygen atoms in total. The molecule has 0 unspecified atom stereocenters. The van der Waals surface area contributed by atoms with Crippen LogP contribution in [0.1, 0.15) is 28.2 Å². The van der Waals surface area contributed by atoms with Crippen LogP contribution in [0, 0.1) is 12.7 Å². The number of anilines is 2. The van der Waals surface area contributed by atoms with Gasteiger partial charge in [-0.05, 0) is 60.4 Å². The minimum Gasteiger partial charge on any atom is -0.310 e. The molecule has 1 N–H and O–H groups in total. The first-order valence-corrected chi connectivity index (χ1v) is 12.9. The number of rotatable bonds is 7. The van der Waals surface area contributed by atoms with Gasteiger partial charge in [0.25, 0.3) is 0 Å². The molecule has 3 aromatic carbocycles. The van der Waals surface area contributed by atoms with Crippen molar-refractivity contribution in [3.8, 4) is 0 Å². The van der Waals surface area contributed by atoms with Crippen LogP contribution in [0.5, 0.6) is 0 Å². The van der Waals surface area contributed by atoms with Crippen LogP contribution in [0.4, 0.5) is 16.0 Å². The highest BCUT2D eigenvalue weighted by atomic mass is 32.2. The van der Waals surface area contributed by atoms with Gasteiger partial charge in [-0.1, -0.05) is 48.0 Å². The van der Waals surface area contributed by atoms with E-state index in [2.05, 4.69) is 25.7 Å². The summed E-state index contributed by atoms with van der Waals surface area (Å²) in [6, 6.07) is 20.8. The molecular weight excluding hydrogens is 463 g/mol. The van der Waals surface area contributed by atoms with Crippen LogP contribution in [0.15, 0.2) is 90.1 Å². The summed E-state index contributed by atoms with van der Waals surface area (Å²) in [5.41, 5.74) is 4.85. The van der Waals surface area contributed by atoms with E-state index < -0.39 is 10.0 Å². The molecule has 8 heteroatoms. The van der Waals surface area contributed by atoms with Crippen molar-refractivity contribution in [2.75, 3.05) is 18.0 Å². The average Bonchev–Trinajstić information content (AvgIpc) is 3.31. The number of sulfonamides is 1. The molecule has 0 bridgehead atoms. The highest BCUT2D eigenvalue weighted by molar-refractivity contribution is 7.89. The Balaban J connectivity index is 1.55. The number of fused-ring (bicyclic) bond motifs is 1. The number of nitrogens with one attached hydrogen (secondary N) is 1. The van der Waals surface area contributed by atoms with Gasteiger partial charge < -0.3 is 4.90 Å². The summed E-state index contributed by atoms with van der Waals surface area (Å²) < 4.78 is 42.7. The molecule has 0 saturated heterocycles. The maximum absolute atomic E-state index is 13.7. The summed E-state index contributed by atoms with van der Waals surface area (Å²) in [7, 11) is -3.74. The molecular formula is C27H25FN4O2S. The Morgan fingerprint density at radius 3 is 2.40 bits per heavy atom. The van der Waals surface area contributed by atoms with Gasteiger partial charge in [0, 0.05) is 31.4 Å². The van der Waals surface area contributed by atoms with Crippen molar-refractivity contribution in [3.63, 3.8) is 0 Å². The highest BCUT2D eigenvalue weighted by Gasteiger charge is 2.30. The minimum atomic E-state index is -3.74. The van der Waals surface area contributed by atoms with E-state index in [0.717, 1.165) is 40.9 Å². The Hall–Kier alpha value is -3.62. The second kappa shape index (κ2) is 9.56. The van der Waals surface area contributed by atoms with Gasteiger partial charge in [0.1, 0.15) is 5.82 Å². The molecule has 0 amide bonds. The average molecular weight is 489 g/mol. The maximum Gasteiger partial charge on any atom is 0.240 e. The first kappa shape index (κ1) is 23.1. The van der Waals surface area contributed by atoms with Gasteiger partial charge in [0.2, 0.25) is 16.0 Å². The van der Waals surface area contributed by atoms with Crippen LogP contribution in [-0.4, -0.2) is 31.5 Å². The lowest BCUT2D eigenvalue weighted by Gasteiger charge is -2.26. The molecule has 1 aliphatic heterocycles. The van der Waals surface area contributed by atoms with E-state index >= 15 is 0 Å². The van der Waals surface area contributed by atoms with Crippen molar-refractivity contribution >= 4 is 21.7 Å². The maximum atomic E-state index is 13.7. The molecule has 0 radical (unpaired) electrons. The molecule has 178 valence electrons. The Labute approximate surface area is 204 Å². The summed E-state index contributed by atoms with van der Waals surface area (Å²) in [4.78, 5) is 11.1.